The maximum Gasteiger partial charge on any atom is 0.227 e. The minimum Gasteiger partial charge on any atom is -0.395 e. The molecular weight excluding hydrogens is 194 g/mol. The van der Waals surface area contributed by atoms with Crippen LogP contribution in [0, 0.1) is 5.41 Å². The summed E-state index contributed by atoms with van der Waals surface area (Å²) < 4.78 is 0. The Kier molecular flexibility index (Phi) is 5.78. The molecule has 5 heteroatoms. The minimum atomic E-state index is -0.540. The molecule has 0 aliphatic heterocycles. The monoisotopic (exact) mass is 209 g/mol. The Balaban J connectivity index is 4.03. The van der Waals surface area contributed by atoms with E-state index in [-0.39, 0.29) is 19.1 Å². The van der Waals surface area contributed by atoms with Gasteiger partial charge in [0.25, 0.3) is 0 Å². The molecule has 0 radical (unpaired) electrons. The summed E-state index contributed by atoms with van der Waals surface area (Å²) in [5.74, 6) is 0.795. The molecule has 0 saturated carbocycles. The summed E-state index contributed by atoms with van der Waals surface area (Å²) in [6.07, 6.45) is 0. The van der Waals surface area contributed by atoms with E-state index >= 15 is 0 Å². The summed E-state index contributed by atoms with van der Waals surface area (Å²) >= 11 is 8.14. The van der Waals surface area contributed by atoms with Crippen LogP contribution in [0.3, 0.4) is 0 Å². The van der Waals surface area contributed by atoms with Gasteiger partial charge >= 0.3 is 0 Å². The van der Waals surface area contributed by atoms with E-state index in [1.54, 1.807) is 6.92 Å². The Morgan fingerprint density at radius 2 is 2.00 bits per heavy atom. The topological polar surface area (TPSA) is 49.3 Å². The molecule has 0 heterocycles. The molecule has 0 aromatic carbocycles. The smallest absolute Gasteiger partial charge is 0.227 e. The van der Waals surface area contributed by atoms with Crippen LogP contribution >= 0.6 is 25.3 Å². The number of nitrogens with one attached hydrogen (secondary N) is 1. The van der Waals surface area contributed by atoms with Crippen LogP contribution in [0.25, 0.3) is 0 Å². The average Bonchev–Trinajstić information content (AvgIpc) is 2.12. The predicted octanol–water partition coefficient (Wildman–Crippen LogP) is -0.0392. The van der Waals surface area contributed by atoms with Gasteiger partial charge in [-0.2, -0.15) is 25.3 Å². The number of aliphatic hydroxyl groups is 1. The van der Waals surface area contributed by atoms with Crippen molar-refractivity contribution < 1.29 is 9.90 Å². The lowest BCUT2D eigenvalue weighted by atomic mass is 9.95. The van der Waals surface area contributed by atoms with Crippen LogP contribution in [-0.4, -0.2) is 35.7 Å². The van der Waals surface area contributed by atoms with Gasteiger partial charge in [-0.15, -0.1) is 0 Å². The lowest BCUT2D eigenvalue weighted by Crippen LogP contribution is -2.42. The fourth-order valence-corrected chi connectivity index (χ4v) is 1.26. The SMILES string of the molecule is CC(CS)(CS)C(=O)NCCO. The summed E-state index contributed by atoms with van der Waals surface area (Å²) in [5, 5.41) is 11.1. The molecular formula is C7H15NO2S2. The second-order valence-electron chi connectivity index (χ2n) is 2.86. The second kappa shape index (κ2) is 5.72. The molecule has 2 N–H and O–H groups in total. The number of aliphatic hydroxyl groups excluding tert-OH is 1. The highest BCUT2D eigenvalue weighted by molar-refractivity contribution is 7.81. The van der Waals surface area contributed by atoms with Crippen molar-refractivity contribution in [2.45, 2.75) is 6.92 Å². The fraction of sp³-hybridized carbons (Fsp3) is 0.857. The van der Waals surface area contributed by atoms with E-state index in [1.807, 2.05) is 0 Å². The van der Waals surface area contributed by atoms with E-state index in [0.29, 0.717) is 11.5 Å². The maximum atomic E-state index is 11.4. The van der Waals surface area contributed by atoms with Crippen molar-refractivity contribution in [2.24, 2.45) is 5.41 Å². The van der Waals surface area contributed by atoms with Crippen LogP contribution in [0.5, 0.6) is 0 Å². The van der Waals surface area contributed by atoms with Crippen LogP contribution in [-0.2, 0) is 4.79 Å². The first-order valence-electron chi connectivity index (χ1n) is 3.71. The Morgan fingerprint density at radius 1 is 1.50 bits per heavy atom. The van der Waals surface area contributed by atoms with Crippen LogP contribution in [0.4, 0.5) is 0 Å². The molecule has 0 rings (SSSR count). The van der Waals surface area contributed by atoms with Gasteiger partial charge in [0.05, 0.1) is 12.0 Å². The predicted molar refractivity (Wildman–Crippen MR) is 55.9 cm³/mol. The van der Waals surface area contributed by atoms with E-state index in [1.165, 1.54) is 0 Å². The summed E-state index contributed by atoms with van der Waals surface area (Å²) in [5.41, 5.74) is -0.540. The standard InChI is InChI=1S/C7H15NO2S2/c1-7(4-11,5-12)6(10)8-2-3-9/h9,11-12H,2-5H2,1H3,(H,8,10). The average molecular weight is 209 g/mol. The van der Waals surface area contributed by atoms with Gasteiger partial charge in [0, 0.05) is 18.1 Å². The minimum absolute atomic E-state index is 0.0407. The van der Waals surface area contributed by atoms with Crippen LogP contribution in [0.15, 0.2) is 0 Å². The lowest BCUT2D eigenvalue weighted by molar-refractivity contribution is -0.128. The quantitative estimate of drug-likeness (QED) is 0.480. The van der Waals surface area contributed by atoms with Crippen molar-refractivity contribution in [2.75, 3.05) is 24.7 Å². The second-order valence-corrected chi connectivity index (χ2v) is 3.49. The molecule has 0 fully saturated rings. The third-order valence-electron chi connectivity index (χ3n) is 1.64. The van der Waals surface area contributed by atoms with E-state index in [9.17, 15) is 4.79 Å². The van der Waals surface area contributed by atoms with Gasteiger partial charge in [-0.25, -0.2) is 0 Å². The van der Waals surface area contributed by atoms with Gasteiger partial charge in [0.2, 0.25) is 5.91 Å². The van der Waals surface area contributed by atoms with Crippen molar-refractivity contribution in [3.8, 4) is 0 Å². The van der Waals surface area contributed by atoms with Crippen LogP contribution < -0.4 is 5.32 Å². The number of thiol groups is 2. The first-order chi connectivity index (χ1) is 5.60. The molecule has 0 spiro atoms. The fourth-order valence-electron chi connectivity index (χ4n) is 0.576. The van der Waals surface area contributed by atoms with E-state index in [0.717, 1.165) is 0 Å². The molecule has 0 bridgehead atoms. The van der Waals surface area contributed by atoms with E-state index < -0.39 is 5.41 Å². The third-order valence-corrected chi connectivity index (χ3v) is 3.04. The molecule has 12 heavy (non-hydrogen) atoms. The zero-order valence-electron chi connectivity index (χ0n) is 7.08. The van der Waals surface area contributed by atoms with Crippen molar-refractivity contribution in [3.05, 3.63) is 0 Å². The molecule has 0 aromatic rings. The molecule has 0 aromatic heterocycles. The first kappa shape index (κ1) is 12.1. The highest BCUT2D eigenvalue weighted by Gasteiger charge is 2.29. The Morgan fingerprint density at radius 3 is 2.33 bits per heavy atom. The molecule has 0 aliphatic carbocycles. The molecule has 0 unspecified atom stereocenters. The summed E-state index contributed by atoms with van der Waals surface area (Å²) in [6.45, 7) is 2.04. The van der Waals surface area contributed by atoms with Crippen molar-refractivity contribution >= 4 is 31.2 Å². The highest BCUT2D eigenvalue weighted by atomic mass is 32.1. The van der Waals surface area contributed by atoms with Crippen molar-refractivity contribution in [3.63, 3.8) is 0 Å². The summed E-state index contributed by atoms with van der Waals surface area (Å²) in [7, 11) is 0. The van der Waals surface area contributed by atoms with Crippen molar-refractivity contribution in [1.82, 2.24) is 5.32 Å². The Hall–Kier alpha value is 0.130. The lowest BCUT2D eigenvalue weighted by Gasteiger charge is -2.23. The van der Waals surface area contributed by atoms with Gasteiger partial charge in [-0.1, -0.05) is 0 Å². The zero-order valence-corrected chi connectivity index (χ0v) is 8.87. The number of hydrogen-bond donors (Lipinski definition) is 4. The molecule has 0 aliphatic rings. The van der Waals surface area contributed by atoms with Gasteiger partial charge in [-0.05, 0) is 6.92 Å². The number of rotatable bonds is 5. The molecule has 3 nitrogen and oxygen atoms in total. The number of carbonyl (C=O) groups is 1. The van der Waals surface area contributed by atoms with E-state index in [4.69, 9.17) is 5.11 Å². The zero-order chi connectivity index (χ0) is 9.61. The molecule has 0 saturated heterocycles. The number of hydrogen-bond acceptors (Lipinski definition) is 4. The van der Waals surface area contributed by atoms with Crippen LogP contribution in [0.1, 0.15) is 6.92 Å². The Labute approximate surface area is 83.7 Å². The van der Waals surface area contributed by atoms with Crippen LogP contribution in [0.2, 0.25) is 0 Å². The first-order valence-corrected chi connectivity index (χ1v) is 4.98. The maximum absolute atomic E-state index is 11.4. The Bertz CT molecular complexity index is 148. The third kappa shape index (κ3) is 3.25. The molecule has 1 amide bonds. The summed E-state index contributed by atoms with van der Waals surface area (Å²) in [4.78, 5) is 11.4. The molecule has 72 valence electrons. The van der Waals surface area contributed by atoms with Gasteiger partial charge in [0.15, 0.2) is 0 Å². The largest absolute Gasteiger partial charge is 0.395 e. The summed E-state index contributed by atoms with van der Waals surface area (Å²) in [6, 6.07) is 0. The van der Waals surface area contributed by atoms with E-state index in [2.05, 4.69) is 30.6 Å². The number of amides is 1. The number of carbonyl (C=O) groups excluding carboxylic acids is 1. The van der Waals surface area contributed by atoms with Gasteiger partial charge < -0.3 is 10.4 Å². The van der Waals surface area contributed by atoms with Gasteiger partial charge in [-0.3, -0.25) is 4.79 Å². The highest BCUT2D eigenvalue weighted by Crippen LogP contribution is 2.19. The molecule has 0 atom stereocenters. The van der Waals surface area contributed by atoms with Crippen molar-refractivity contribution in [1.29, 1.82) is 0 Å². The normalized spacial score (nSPS) is 11.3. The van der Waals surface area contributed by atoms with Gasteiger partial charge in [0.1, 0.15) is 0 Å².